The Hall–Kier alpha value is -1.41. The second kappa shape index (κ2) is 6.67. The van der Waals surface area contributed by atoms with E-state index >= 15 is 0 Å². The molecule has 8 heteroatoms. The van der Waals surface area contributed by atoms with Crippen molar-refractivity contribution in [1.82, 2.24) is 14.3 Å². The number of aromatic nitrogens is 2. The molecule has 0 spiro atoms. The van der Waals surface area contributed by atoms with Gasteiger partial charge in [0.2, 0.25) is 16.0 Å². The molecule has 1 aromatic rings. The minimum atomic E-state index is -3.19. The van der Waals surface area contributed by atoms with Crippen LogP contribution in [0.3, 0.4) is 0 Å². The summed E-state index contributed by atoms with van der Waals surface area (Å²) in [6.07, 6.45) is 1.70. The Kier molecular flexibility index (Phi) is 5.49. The average Bonchev–Trinajstić information content (AvgIpc) is 2.33. The third-order valence-electron chi connectivity index (χ3n) is 2.52. The van der Waals surface area contributed by atoms with E-state index in [4.69, 9.17) is 0 Å². The highest BCUT2D eigenvalue weighted by Gasteiger charge is 2.13. The maximum Gasteiger partial charge on any atom is 0.224 e. The molecule has 0 radical (unpaired) electrons. The molecule has 19 heavy (non-hydrogen) atoms. The zero-order valence-corrected chi connectivity index (χ0v) is 12.6. The lowest BCUT2D eigenvalue weighted by atomic mass is 10.3. The molecule has 0 aliphatic heterocycles. The highest BCUT2D eigenvalue weighted by Crippen LogP contribution is 2.12. The van der Waals surface area contributed by atoms with E-state index in [9.17, 15) is 8.42 Å². The van der Waals surface area contributed by atoms with Crippen molar-refractivity contribution in [2.24, 2.45) is 0 Å². The molecule has 1 rings (SSSR count). The zero-order valence-electron chi connectivity index (χ0n) is 11.8. The standard InChI is InChI=1S/C11H21N5O2S/c1-5-12-11-14-8-9(2)10(15-11)13-6-7-19(17,18)16(3)4/h8H,5-7H2,1-4H3,(H2,12,13,14,15). The molecule has 0 aliphatic rings. The number of nitrogens with zero attached hydrogens (tertiary/aromatic N) is 3. The molecule has 0 unspecified atom stereocenters. The topological polar surface area (TPSA) is 87.2 Å². The fraction of sp³-hybridized carbons (Fsp3) is 0.636. The monoisotopic (exact) mass is 287 g/mol. The van der Waals surface area contributed by atoms with Gasteiger partial charge >= 0.3 is 0 Å². The summed E-state index contributed by atoms with van der Waals surface area (Å²) in [6.45, 7) is 4.87. The van der Waals surface area contributed by atoms with Gasteiger partial charge in [0.15, 0.2) is 0 Å². The summed E-state index contributed by atoms with van der Waals surface area (Å²) in [6, 6.07) is 0. The lowest BCUT2D eigenvalue weighted by Gasteiger charge is -2.13. The molecule has 0 bridgehead atoms. The highest BCUT2D eigenvalue weighted by atomic mass is 32.2. The van der Waals surface area contributed by atoms with Crippen LogP contribution in [0.1, 0.15) is 12.5 Å². The van der Waals surface area contributed by atoms with Crippen molar-refractivity contribution in [2.75, 3.05) is 43.6 Å². The number of hydrogen-bond acceptors (Lipinski definition) is 6. The summed E-state index contributed by atoms with van der Waals surface area (Å²) >= 11 is 0. The van der Waals surface area contributed by atoms with E-state index in [2.05, 4.69) is 20.6 Å². The van der Waals surface area contributed by atoms with Crippen LogP contribution >= 0.6 is 0 Å². The predicted molar refractivity (Wildman–Crippen MR) is 76.9 cm³/mol. The van der Waals surface area contributed by atoms with Gasteiger partial charge < -0.3 is 10.6 Å². The summed E-state index contributed by atoms with van der Waals surface area (Å²) < 4.78 is 24.4. The maximum atomic E-state index is 11.6. The molecule has 0 aliphatic carbocycles. The van der Waals surface area contributed by atoms with Crippen LogP contribution in [0.5, 0.6) is 0 Å². The Labute approximate surface area is 114 Å². The first-order chi connectivity index (χ1) is 8.86. The van der Waals surface area contributed by atoms with Gasteiger partial charge in [0.1, 0.15) is 5.82 Å². The number of aryl methyl sites for hydroxylation is 1. The molecular weight excluding hydrogens is 266 g/mol. The molecule has 108 valence electrons. The summed E-state index contributed by atoms with van der Waals surface area (Å²) in [5.41, 5.74) is 0.879. The second-order valence-corrected chi connectivity index (χ2v) is 6.58. The lowest BCUT2D eigenvalue weighted by molar-refractivity contribution is 0.521. The molecule has 1 heterocycles. The van der Waals surface area contributed by atoms with Crippen molar-refractivity contribution in [3.05, 3.63) is 11.8 Å². The van der Waals surface area contributed by atoms with Crippen molar-refractivity contribution in [1.29, 1.82) is 0 Å². The largest absolute Gasteiger partial charge is 0.369 e. The van der Waals surface area contributed by atoms with Gasteiger partial charge in [-0.15, -0.1) is 0 Å². The van der Waals surface area contributed by atoms with Gasteiger partial charge in [-0.25, -0.2) is 17.7 Å². The van der Waals surface area contributed by atoms with Crippen LogP contribution in [0.4, 0.5) is 11.8 Å². The summed E-state index contributed by atoms with van der Waals surface area (Å²) in [7, 11) is -0.145. The molecule has 7 nitrogen and oxygen atoms in total. The summed E-state index contributed by atoms with van der Waals surface area (Å²) in [5.74, 6) is 1.21. The van der Waals surface area contributed by atoms with E-state index in [1.165, 1.54) is 18.4 Å². The van der Waals surface area contributed by atoms with Crippen LogP contribution in [-0.4, -0.2) is 55.6 Å². The fourth-order valence-corrected chi connectivity index (χ4v) is 2.07. The molecule has 2 N–H and O–H groups in total. The van der Waals surface area contributed by atoms with Gasteiger partial charge in [-0.2, -0.15) is 4.98 Å². The number of rotatable bonds is 7. The Balaban J connectivity index is 2.65. The van der Waals surface area contributed by atoms with Gasteiger partial charge in [0, 0.05) is 38.9 Å². The maximum absolute atomic E-state index is 11.6. The Morgan fingerprint density at radius 1 is 1.32 bits per heavy atom. The molecule has 1 aromatic heterocycles. The highest BCUT2D eigenvalue weighted by molar-refractivity contribution is 7.89. The van der Waals surface area contributed by atoms with Gasteiger partial charge in [0.05, 0.1) is 5.75 Å². The summed E-state index contributed by atoms with van der Waals surface area (Å²) in [5, 5.41) is 6.04. The smallest absolute Gasteiger partial charge is 0.224 e. The van der Waals surface area contributed by atoms with Crippen LogP contribution in [0.25, 0.3) is 0 Å². The van der Waals surface area contributed by atoms with E-state index in [1.807, 2.05) is 13.8 Å². The Bertz CT molecular complexity index is 516. The molecule has 0 fully saturated rings. The summed E-state index contributed by atoms with van der Waals surface area (Å²) in [4.78, 5) is 8.41. The third kappa shape index (κ3) is 4.64. The molecule has 0 saturated carbocycles. The fourth-order valence-electron chi connectivity index (χ4n) is 1.35. The van der Waals surface area contributed by atoms with Crippen LogP contribution in [0.2, 0.25) is 0 Å². The third-order valence-corrected chi connectivity index (χ3v) is 4.35. The number of nitrogens with one attached hydrogen (secondary N) is 2. The Morgan fingerprint density at radius 3 is 2.58 bits per heavy atom. The van der Waals surface area contributed by atoms with Crippen LogP contribution in [0, 0.1) is 6.92 Å². The van der Waals surface area contributed by atoms with Crippen molar-refractivity contribution in [3.63, 3.8) is 0 Å². The zero-order chi connectivity index (χ0) is 14.5. The van der Waals surface area contributed by atoms with Gasteiger partial charge in [0.25, 0.3) is 0 Å². The average molecular weight is 287 g/mol. The van der Waals surface area contributed by atoms with Crippen molar-refractivity contribution >= 4 is 21.8 Å². The number of sulfonamides is 1. The molecule has 0 amide bonds. The SMILES string of the molecule is CCNc1ncc(C)c(NCCS(=O)(=O)N(C)C)n1. The molecule has 0 aromatic carbocycles. The minimum absolute atomic E-state index is 0.0278. The van der Waals surface area contributed by atoms with Gasteiger partial charge in [-0.1, -0.05) is 0 Å². The van der Waals surface area contributed by atoms with E-state index in [0.29, 0.717) is 18.3 Å². The van der Waals surface area contributed by atoms with Crippen molar-refractivity contribution < 1.29 is 8.42 Å². The van der Waals surface area contributed by atoms with Crippen LogP contribution in [-0.2, 0) is 10.0 Å². The number of hydrogen-bond donors (Lipinski definition) is 2. The van der Waals surface area contributed by atoms with Crippen molar-refractivity contribution in [2.45, 2.75) is 13.8 Å². The number of anilines is 2. The quantitative estimate of drug-likeness (QED) is 0.760. The van der Waals surface area contributed by atoms with Gasteiger partial charge in [-0.3, -0.25) is 0 Å². The van der Waals surface area contributed by atoms with E-state index < -0.39 is 10.0 Å². The van der Waals surface area contributed by atoms with Crippen LogP contribution in [0.15, 0.2) is 6.20 Å². The first kappa shape index (κ1) is 15.6. The second-order valence-electron chi connectivity index (χ2n) is 4.28. The minimum Gasteiger partial charge on any atom is -0.369 e. The Morgan fingerprint density at radius 2 is 2.00 bits per heavy atom. The molecular formula is C11H21N5O2S. The predicted octanol–water partition coefficient (Wildman–Crippen LogP) is 0.520. The van der Waals surface area contributed by atoms with Gasteiger partial charge in [-0.05, 0) is 13.8 Å². The van der Waals surface area contributed by atoms with E-state index in [0.717, 1.165) is 12.1 Å². The van der Waals surface area contributed by atoms with Crippen LogP contribution < -0.4 is 10.6 Å². The first-order valence-corrected chi connectivity index (χ1v) is 7.69. The lowest BCUT2D eigenvalue weighted by Crippen LogP contribution is -2.28. The van der Waals surface area contributed by atoms with E-state index in [1.54, 1.807) is 6.20 Å². The first-order valence-electron chi connectivity index (χ1n) is 6.08. The van der Waals surface area contributed by atoms with E-state index in [-0.39, 0.29) is 5.75 Å². The van der Waals surface area contributed by atoms with Crippen molar-refractivity contribution in [3.8, 4) is 0 Å². The molecule has 0 atom stereocenters. The molecule has 0 saturated heterocycles. The normalized spacial score (nSPS) is 11.6.